The van der Waals surface area contributed by atoms with Crippen LogP contribution in [0.2, 0.25) is 0 Å². The maximum absolute atomic E-state index is 13.9. The molecule has 1 unspecified atom stereocenters. The molecule has 2 aromatic rings. The molecule has 3 heterocycles. The molecular weight excluding hydrogens is 577 g/mol. The van der Waals surface area contributed by atoms with Crippen LogP contribution in [0.1, 0.15) is 46.8 Å². The zero-order chi connectivity index (χ0) is 27.1. The highest BCUT2D eigenvalue weighted by Gasteiger charge is 2.42. The van der Waals surface area contributed by atoms with Crippen molar-refractivity contribution in [2.75, 3.05) is 19.6 Å². The summed E-state index contributed by atoms with van der Waals surface area (Å²) in [5.41, 5.74) is 11.2. The summed E-state index contributed by atoms with van der Waals surface area (Å²) >= 11 is 0. The Morgan fingerprint density at radius 3 is 2.33 bits per heavy atom. The van der Waals surface area contributed by atoms with Crippen LogP contribution in [0.3, 0.4) is 0 Å². The minimum atomic E-state index is -4.81. The van der Waals surface area contributed by atoms with Crippen molar-refractivity contribution >= 4 is 36.6 Å². The number of fused-ring (bicyclic) bond motifs is 1. The number of imidazole rings is 1. The topological polar surface area (TPSA) is 110 Å². The third-order valence-electron chi connectivity index (χ3n) is 6.57. The first kappa shape index (κ1) is 32.7. The van der Waals surface area contributed by atoms with Crippen LogP contribution in [-0.4, -0.2) is 62.9 Å². The van der Waals surface area contributed by atoms with Gasteiger partial charge in [-0.05, 0) is 30.9 Å². The summed E-state index contributed by atoms with van der Waals surface area (Å²) in [6, 6.07) is -0.216. The molecule has 2 amide bonds. The third kappa shape index (κ3) is 7.16. The predicted molar refractivity (Wildman–Crippen MR) is 133 cm³/mol. The molecule has 0 bridgehead atoms. The van der Waals surface area contributed by atoms with Crippen molar-refractivity contribution in [3.05, 3.63) is 52.4 Å². The van der Waals surface area contributed by atoms with Crippen molar-refractivity contribution < 1.29 is 35.9 Å². The first-order valence-electron chi connectivity index (χ1n) is 11.7. The van der Waals surface area contributed by atoms with Gasteiger partial charge in [-0.25, -0.2) is 18.2 Å². The molecule has 218 valence electrons. The lowest BCUT2D eigenvalue weighted by Crippen LogP contribution is -2.46. The Balaban J connectivity index is 0.00000267. The van der Waals surface area contributed by atoms with Crippen LogP contribution in [0.4, 0.5) is 26.3 Å². The van der Waals surface area contributed by atoms with Gasteiger partial charge in [0.2, 0.25) is 11.7 Å². The van der Waals surface area contributed by atoms with Gasteiger partial charge >= 0.3 is 6.18 Å². The minimum absolute atomic E-state index is 0. The Labute approximate surface area is 232 Å². The van der Waals surface area contributed by atoms with Crippen molar-refractivity contribution in [2.24, 2.45) is 11.5 Å². The molecule has 0 spiro atoms. The van der Waals surface area contributed by atoms with E-state index in [1.165, 1.54) is 9.80 Å². The summed E-state index contributed by atoms with van der Waals surface area (Å²) in [5.74, 6) is -6.07. The molecule has 0 saturated carbocycles. The van der Waals surface area contributed by atoms with Gasteiger partial charge in [0, 0.05) is 50.7 Å². The molecule has 2 aliphatic heterocycles. The summed E-state index contributed by atoms with van der Waals surface area (Å²) in [7, 11) is 0. The van der Waals surface area contributed by atoms with Crippen LogP contribution < -0.4 is 11.5 Å². The van der Waals surface area contributed by atoms with Gasteiger partial charge in [0.1, 0.15) is 5.82 Å². The van der Waals surface area contributed by atoms with Gasteiger partial charge in [0.05, 0.1) is 12.2 Å². The summed E-state index contributed by atoms with van der Waals surface area (Å²) in [4.78, 5) is 32.3. The number of piperidine rings is 1. The molecule has 0 radical (unpaired) electrons. The van der Waals surface area contributed by atoms with E-state index in [0.29, 0.717) is 31.5 Å². The fourth-order valence-electron chi connectivity index (χ4n) is 4.74. The molecule has 0 aliphatic carbocycles. The standard InChI is InChI=1S/C23H26F6N6O2.2ClH/c24-15-9-17(26)16(25)7-12(15)6-14(31)8-19(36)33-4-5-35-18(11-33)20(32-22(35)23(27,28)29)21(37)34-3-1-2-13(30)10-34;;/h7,9,13-14H,1-6,8,10-11,30-31H2;2*1H/t13-,14?;;/m1../s1. The number of hydrogen-bond acceptors (Lipinski definition) is 5. The van der Waals surface area contributed by atoms with Crippen LogP contribution in [-0.2, 0) is 30.5 Å². The van der Waals surface area contributed by atoms with Crippen molar-refractivity contribution in [2.45, 2.75) is 57.0 Å². The summed E-state index contributed by atoms with van der Waals surface area (Å²) in [6.45, 7) is -0.139. The third-order valence-corrected chi connectivity index (χ3v) is 6.57. The lowest BCUT2D eigenvalue weighted by atomic mass is 10.0. The van der Waals surface area contributed by atoms with Crippen LogP contribution in [0, 0.1) is 17.5 Å². The molecule has 39 heavy (non-hydrogen) atoms. The SMILES string of the molecule is Cl.Cl.NC(CC(=O)N1CCn2c(C(F)(F)F)nc(C(=O)N3CCC[C@@H](N)C3)c2C1)Cc1cc(F)c(F)cc1F. The van der Waals surface area contributed by atoms with Crippen molar-refractivity contribution in [1.82, 2.24) is 19.4 Å². The Kier molecular flexibility index (Phi) is 10.7. The molecule has 1 aromatic carbocycles. The second kappa shape index (κ2) is 12.7. The molecule has 4 rings (SSSR count). The predicted octanol–water partition coefficient (Wildman–Crippen LogP) is 3.03. The highest BCUT2D eigenvalue weighted by atomic mass is 35.5. The number of rotatable bonds is 5. The molecule has 4 N–H and O–H groups in total. The molecule has 2 atom stereocenters. The number of likely N-dealkylation sites (tertiary alicyclic amines) is 1. The maximum atomic E-state index is 13.9. The Morgan fingerprint density at radius 1 is 1.03 bits per heavy atom. The van der Waals surface area contributed by atoms with Crippen LogP contribution in [0.5, 0.6) is 0 Å². The lowest BCUT2D eigenvalue weighted by Gasteiger charge is -2.32. The van der Waals surface area contributed by atoms with E-state index in [1.54, 1.807) is 0 Å². The van der Waals surface area contributed by atoms with Gasteiger partial charge in [0.25, 0.3) is 5.91 Å². The molecule has 1 aromatic heterocycles. The monoisotopic (exact) mass is 604 g/mol. The normalized spacial score (nSPS) is 18.1. The molecule has 2 aliphatic rings. The fourth-order valence-corrected chi connectivity index (χ4v) is 4.74. The van der Waals surface area contributed by atoms with E-state index in [1.807, 2.05) is 0 Å². The summed E-state index contributed by atoms with van der Waals surface area (Å²) in [5, 5.41) is 0. The van der Waals surface area contributed by atoms with Crippen molar-refractivity contribution in [3.63, 3.8) is 0 Å². The summed E-state index contributed by atoms with van der Waals surface area (Å²) in [6.07, 6.45) is -4.11. The van der Waals surface area contributed by atoms with Crippen molar-refractivity contribution in [3.8, 4) is 0 Å². The molecular formula is C23H28Cl2F6N6O2. The second-order valence-electron chi connectivity index (χ2n) is 9.37. The highest BCUT2D eigenvalue weighted by Crippen LogP contribution is 2.33. The number of alkyl halides is 3. The molecule has 1 fully saturated rings. The van der Waals surface area contributed by atoms with E-state index in [4.69, 9.17) is 11.5 Å². The van der Waals surface area contributed by atoms with Gasteiger partial charge in [-0.1, -0.05) is 0 Å². The Hall–Kier alpha value is -2.55. The van der Waals surface area contributed by atoms with E-state index >= 15 is 0 Å². The highest BCUT2D eigenvalue weighted by molar-refractivity contribution is 5.94. The molecule has 16 heteroatoms. The maximum Gasteiger partial charge on any atom is 0.449 e. The zero-order valence-electron chi connectivity index (χ0n) is 20.5. The zero-order valence-corrected chi connectivity index (χ0v) is 22.2. The van der Waals surface area contributed by atoms with E-state index in [9.17, 15) is 35.9 Å². The Bertz CT molecular complexity index is 1210. The second-order valence-corrected chi connectivity index (χ2v) is 9.37. The van der Waals surface area contributed by atoms with Gasteiger partial charge in [0.15, 0.2) is 17.3 Å². The largest absolute Gasteiger partial charge is 0.449 e. The van der Waals surface area contributed by atoms with Crippen LogP contribution in [0.25, 0.3) is 0 Å². The Morgan fingerprint density at radius 2 is 1.69 bits per heavy atom. The average molecular weight is 605 g/mol. The minimum Gasteiger partial charge on any atom is -0.336 e. The quantitative estimate of drug-likeness (QED) is 0.403. The van der Waals surface area contributed by atoms with Gasteiger partial charge in [-0.3, -0.25) is 9.59 Å². The van der Waals surface area contributed by atoms with E-state index in [0.717, 1.165) is 4.57 Å². The first-order chi connectivity index (χ1) is 17.3. The van der Waals surface area contributed by atoms with E-state index in [2.05, 4.69) is 4.98 Å². The first-order valence-corrected chi connectivity index (χ1v) is 11.7. The number of halogens is 8. The fraction of sp³-hybridized carbons (Fsp3) is 0.522. The smallest absolute Gasteiger partial charge is 0.336 e. The van der Waals surface area contributed by atoms with E-state index < -0.39 is 47.3 Å². The molecule has 1 saturated heterocycles. The number of aromatic nitrogens is 2. The summed E-state index contributed by atoms with van der Waals surface area (Å²) < 4.78 is 82.5. The van der Waals surface area contributed by atoms with Crippen molar-refractivity contribution in [1.29, 1.82) is 0 Å². The lowest BCUT2D eigenvalue weighted by molar-refractivity contribution is -0.148. The number of hydrogen-bond donors (Lipinski definition) is 2. The van der Waals surface area contributed by atoms with Crippen LogP contribution in [0.15, 0.2) is 12.1 Å². The van der Waals surface area contributed by atoms with Gasteiger partial charge in [-0.2, -0.15) is 13.2 Å². The number of carbonyl (C=O) groups is 2. The van der Waals surface area contributed by atoms with Gasteiger partial charge in [-0.15, -0.1) is 24.8 Å². The van der Waals surface area contributed by atoms with E-state index in [-0.39, 0.29) is 86.8 Å². The average Bonchev–Trinajstić information content (AvgIpc) is 3.21. The number of nitrogens with two attached hydrogens (primary N) is 2. The van der Waals surface area contributed by atoms with Crippen LogP contribution >= 0.6 is 24.8 Å². The number of amides is 2. The number of nitrogens with zero attached hydrogens (tertiary/aromatic N) is 4. The number of carbonyl (C=O) groups excluding carboxylic acids is 2. The molecule has 8 nitrogen and oxygen atoms in total. The number of benzene rings is 1. The van der Waals surface area contributed by atoms with Gasteiger partial charge < -0.3 is 25.8 Å².